The summed E-state index contributed by atoms with van der Waals surface area (Å²) in [7, 11) is 3.91. The van der Waals surface area contributed by atoms with Gasteiger partial charge < -0.3 is 16.0 Å². The van der Waals surface area contributed by atoms with Gasteiger partial charge in [-0.15, -0.1) is 6.58 Å². The summed E-state index contributed by atoms with van der Waals surface area (Å²) in [5.74, 6) is -0.109. The van der Waals surface area contributed by atoms with E-state index in [0.717, 1.165) is 6.54 Å². The lowest BCUT2D eigenvalue weighted by Crippen LogP contribution is -2.42. The maximum Gasteiger partial charge on any atom is 0.237 e. The smallest absolute Gasteiger partial charge is 0.237 e. The lowest BCUT2D eigenvalue weighted by molar-refractivity contribution is -0.122. The van der Waals surface area contributed by atoms with E-state index in [0.29, 0.717) is 13.0 Å². The van der Waals surface area contributed by atoms with Gasteiger partial charge in [-0.05, 0) is 20.5 Å². The van der Waals surface area contributed by atoms with E-state index in [1.165, 1.54) is 0 Å². The summed E-state index contributed by atoms with van der Waals surface area (Å²) in [5, 5.41) is 2.75. The van der Waals surface area contributed by atoms with Crippen LogP contribution >= 0.6 is 0 Å². The van der Waals surface area contributed by atoms with Crippen LogP contribution in [-0.4, -0.2) is 44.0 Å². The third kappa shape index (κ3) is 6.31. The summed E-state index contributed by atoms with van der Waals surface area (Å²) in [4.78, 5) is 13.2. The summed E-state index contributed by atoms with van der Waals surface area (Å²) in [6, 6.07) is -0.459. The Morgan fingerprint density at radius 3 is 2.77 bits per heavy atom. The zero-order chi connectivity index (χ0) is 10.3. The first-order valence-electron chi connectivity index (χ1n) is 4.37. The highest BCUT2D eigenvalue weighted by atomic mass is 16.2. The van der Waals surface area contributed by atoms with Gasteiger partial charge in [0.2, 0.25) is 5.91 Å². The van der Waals surface area contributed by atoms with Gasteiger partial charge in [0.25, 0.3) is 0 Å². The van der Waals surface area contributed by atoms with Crippen LogP contribution in [0.25, 0.3) is 0 Å². The van der Waals surface area contributed by atoms with Gasteiger partial charge >= 0.3 is 0 Å². The Morgan fingerprint density at radius 1 is 1.69 bits per heavy atom. The first-order valence-corrected chi connectivity index (χ1v) is 4.37. The highest BCUT2D eigenvalue weighted by Crippen LogP contribution is 1.87. The number of carbonyl (C=O) groups excluding carboxylic acids is 1. The molecule has 0 bridgehead atoms. The van der Waals surface area contributed by atoms with E-state index in [4.69, 9.17) is 5.73 Å². The van der Waals surface area contributed by atoms with Crippen molar-refractivity contribution in [2.45, 2.75) is 12.5 Å². The largest absolute Gasteiger partial charge is 0.353 e. The molecular weight excluding hydrogens is 166 g/mol. The van der Waals surface area contributed by atoms with Crippen molar-refractivity contribution in [2.75, 3.05) is 27.2 Å². The van der Waals surface area contributed by atoms with Crippen LogP contribution in [0.4, 0.5) is 0 Å². The maximum atomic E-state index is 11.2. The van der Waals surface area contributed by atoms with Crippen molar-refractivity contribution in [3.05, 3.63) is 12.7 Å². The van der Waals surface area contributed by atoms with E-state index in [9.17, 15) is 4.79 Å². The predicted octanol–water partition coefficient (Wildman–Crippen LogP) is -0.432. The minimum atomic E-state index is -0.459. The molecule has 76 valence electrons. The molecule has 1 unspecified atom stereocenters. The molecule has 0 aliphatic heterocycles. The second kappa shape index (κ2) is 6.62. The van der Waals surface area contributed by atoms with Crippen molar-refractivity contribution in [1.82, 2.24) is 10.2 Å². The first kappa shape index (κ1) is 12.1. The van der Waals surface area contributed by atoms with Crippen molar-refractivity contribution in [1.29, 1.82) is 0 Å². The molecule has 0 radical (unpaired) electrons. The molecule has 0 aromatic heterocycles. The van der Waals surface area contributed by atoms with Crippen molar-refractivity contribution < 1.29 is 4.79 Å². The quantitative estimate of drug-likeness (QED) is 0.552. The maximum absolute atomic E-state index is 11.2. The second-order valence-corrected chi connectivity index (χ2v) is 3.23. The predicted molar refractivity (Wildman–Crippen MR) is 54.4 cm³/mol. The van der Waals surface area contributed by atoms with E-state index in [1.807, 2.05) is 19.0 Å². The minimum absolute atomic E-state index is 0.109. The average Bonchev–Trinajstić information content (AvgIpc) is 2.04. The molecule has 0 aliphatic rings. The van der Waals surface area contributed by atoms with Gasteiger partial charge in [0.1, 0.15) is 0 Å². The average molecular weight is 185 g/mol. The highest BCUT2D eigenvalue weighted by Gasteiger charge is 2.09. The van der Waals surface area contributed by atoms with Crippen LogP contribution in [0.3, 0.4) is 0 Å². The minimum Gasteiger partial charge on any atom is -0.353 e. The lowest BCUT2D eigenvalue weighted by atomic mass is 10.2. The summed E-state index contributed by atoms with van der Waals surface area (Å²) < 4.78 is 0. The summed E-state index contributed by atoms with van der Waals surface area (Å²) in [5.41, 5.74) is 5.55. The van der Waals surface area contributed by atoms with E-state index in [1.54, 1.807) is 6.08 Å². The molecule has 1 atom stereocenters. The fourth-order valence-corrected chi connectivity index (χ4v) is 0.820. The van der Waals surface area contributed by atoms with Crippen LogP contribution in [0.15, 0.2) is 12.7 Å². The van der Waals surface area contributed by atoms with Gasteiger partial charge in [-0.1, -0.05) is 6.08 Å². The number of hydrogen-bond acceptors (Lipinski definition) is 3. The molecule has 0 aliphatic carbocycles. The number of amides is 1. The Hall–Kier alpha value is -0.870. The van der Waals surface area contributed by atoms with Gasteiger partial charge in [-0.3, -0.25) is 4.79 Å². The molecule has 3 N–H and O–H groups in total. The number of carbonyl (C=O) groups is 1. The van der Waals surface area contributed by atoms with Crippen molar-refractivity contribution >= 4 is 5.91 Å². The Kier molecular flexibility index (Phi) is 6.18. The Morgan fingerprint density at radius 2 is 2.31 bits per heavy atom. The van der Waals surface area contributed by atoms with E-state index < -0.39 is 6.04 Å². The van der Waals surface area contributed by atoms with Crippen LogP contribution in [0.1, 0.15) is 6.42 Å². The third-order valence-electron chi connectivity index (χ3n) is 1.62. The number of hydrogen-bond donors (Lipinski definition) is 2. The van der Waals surface area contributed by atoms with Crippen LogP contribution in [-0.2, 0) is 4.79 Å². The van der Waals surface area contributed by atoms with Gasteiger partial charge in [0.05, 0.1) is 6.04 Å². The Balaban J connectivity index is 3.55. The van der Waals surface area contributed by atoms with Gasteiger partial charge in [0.15, 0.2) is 0 Å². The van der Waals surface area contributed by atoms with Crippen molar-refractivity contribution in [3.63, 3.8) is 0 Å². The molecule has 1 amide bonds. The van der Waals surface area contributed by atoms with Crippen LogP contribution < -0.4 is 11.1 Å². The molecule has 0 saturated carbocycles. The lowest BCUT2D eigenvalue weighted by Gasteiger charge is -2.12. The standard InChI is InChI=1S/C9H19N3O/c1-4-5-8(10)9(13)11-6-7-12(2)3/h4,8H,1,5-7,10H2,2-3H3,(H,11,13). The molecular formula is C9H19N3O. The highest BCUT2D eigenvalue weighted by molar-refractivity contribution is 5.81. The number of likely N-dealkylation sites (N-methyl/N-ethyl adjacent to an activating group) is 1. The molecule has 13 heavy (non-hydrogen) atoms. The molecule has 0 saturated heterocycles. The first-order chi connectivity index (χ1) is 6.07. The van der Waals surface area contributed by atoms with Crippen LogP contribution in [0.5, 0.6) is 0 Å². The zero-order valence-corrected chi connectivity index (χ0v) is 8.42. The topological polar surface area (TPSA) is 58.4 Å². The second-order valence-electron chi connectivity index (χ2n) is 3.23. The van der Waals surface area contributed by atoms with E-state index in [-0.39, 0.29) is 5.91 Å². The summed E-state index contributed by atoms with van der Waals surface area (Å²) >= 11 is 0. The fraction of sp³-hybridized carbons (Fsp3) is 0.667. The zero-order valence-electron chi connectivity index (χ0n) is 8.42. The van der Waals surface area contributed by atoms with Crippen molar-refractivity contribution in [3.8, 4) is 0 Å². The monoisotopic (exact) mass is 185 g/mol. The molecule has 4 heteroatoms. The molecule has 0 heterocycles. The van der Waals surface area contributed by atoms with Gasteiger partial charge in [-0.25, -0.2) is 0 Å². The van der Waals surface area contributed by atoms with Crippen LogP contribution in [0.2, 0.25) is 0 Å². The molecule has 4 nitrogen and oxygen atoms in total. The van der Waals surface area contributed by atoms with Crippen LogP contribution in [0, 0.1) is 0 Å². The SMILES string of the molecule is C=CCC(N)C(=O)NCCN(C)C. The summed E-state index contributed by atoms with van der Waals surface area (Å²) in [6.45, 7) is 4.98. The molecule has 0 fully saturated rings. The third-order valence-corrected chi connectivity index (χ3v) is 1.62. The summed E-state index contributed by atoms with van der Waals surface area (Å²) in [6.07, 6.45) is 2.17. The molecule has 0 aromatic rings. The van der Waals surface area contributed by atoms with Gasteiger partial charge in [-0.2, -0.15) is 0 Å². The van der Waals surface area contributed by atoms with E-state index >= 15 is 0 Å². The number of nitrogens with zero attached hydrogens (tertiary/aromatic N) is 1. The Bertz CT molecular complexity index is 168. The number of nitrogens with one attached hydrogen (secondary N) is 1. The van der Waals surface area contributed by atoms with E-state index in [2.05, 4.69) is 11.9 Å². The normalized spacial score (nSPS) is 12.6. The number of nitrogens with two attached hydrogens (primary N) is 1. The number of rotatable bonds is 6. The molecule has 0 rings (SSSR count). The molecule has 0 aromatic carbocycles. The van der Waals surface area contributed by atoms with Crippen molar-refractivity contribution in [2.24, 2.45) is 5.73 Å². The van der Waals surface area contributed by atoms with Gasteiger partial charge in [0, 0.05) is 13.1 Å². The molecule has 0 spiro atoms. The fourth-order valence-electron chi connectivity index (χ4n) is 0.820. The Labute approximate surface area is 79.8 Å².